The summed E-state index contributed by atoms with van der Waals surface area (Å²) < 4.78 is 0. The minimum Gasteiger partial charge on any atom is -0.478 e. The van der Waals surface area contributed by atoms with Crippen LogP contribution < -0.4 is 5.32 Å². The molecule has 1 heterocycles. The number of carbonyl (C=O) groups is 2. The molecule has 2 aromatic carbocycles. The Morgan fingerprint density at radius 2 is 1.71 bits per heavy atom. The van der Waals surface area contributed by atoms with Gasteiger partial charge in [0, 0.05) is 5.56 Å². The summed E-state index contributed by atoms with van der Waals surface area (Å²) in [6, 6.07) is 14.5. The van der Waals surface area contributed by atoms with E-state index in [0.29, 0.717) is 10.6 Å². The second kappa shape index (κ2) is 5.38. The van der Waals surface area contributed by atoms with Crippen molar-refractivity contribution in [2.24, 2.45) is 0 Å². The molecule has 0 aliphatic heterocycles. The number of hydrogen-bond donors (Lipinski definition) is 2. The molecule has 0 aliphatic carbocycles. The van der Waals surface area contributed by atoms with E-state index in [1.54, 1.807) is 11.4 Å². The first-order valence-corrected chi connectivity index (χ1v) is 7.14. The molecule has 3 aromatic rings. The first-order valence-electron chi connectivity index (χ1n) is 6.27. The third kappa shape index (κ3) is 2.51. The number of fused-ring (bicyclic) bond motifs is 1. The number of anilines is 1. The van der Waals surface area contributed by atoms with Gasteiger partial charge in [0.2, 0.25) is 0 Å². The van der Waals surface area contributed by atoms with Crippen LogP contribution in [0, 0.1) is 0 Å². The fraction of sp³-hybridized carbons (Fsp3) is 0. The number of aromatic carboxylic acids is 1. The van der Waals surface area contributed by atoms with Crippen LogP contribution in [0.3, 0.4) is 0 Å². The first-order chi connectivity index (χ1) is 10.2. The summed E-state index contributed by atoms with van der Waals surface area (Å²) in [6.07, 6.45) is 0. The maximum absolute atomic E-state index is 12.4. The molecule has 1 amide bonds. The molecule has 2 N–H and O–H groups in total. The molecule has 0 fully saturated rings. The fourth-order valence-corrected chi connectivity index (χ4v) is 2.94. The zero-order valence-electron chi connectivity index (χ0n) is 10.9. The highest BCUT2D eigenvalue weighted by atomic mass is 32.1. The molecule has 1 aromatic heterocycles. The molecule has 104 valence electrons. The van der Waals surface area contributed by atoms with Gasteiger partial charge in [-0.25, -0.2) is 4.79 Å². The van der Waals surface area contributed by atoms with Crippen LogP contribution in [0.5, 0.6) is 0 Å². The number of rotatable bonds is 3. The second-order valence-electron chi connectivity index (χ2n) is 4.45. The Hall–Kier alpha value is -2.66. The van der Waals surface area contributed by atoms with Gasteiger partial charge in [0.05, 0.1) is 5.56 Å². The Labute approximate surface area is 124 Å². The molecule has 4 nitrogen and oxygen atoms in total. The zero-order valence-corrected chi connectivity index (χ0v) is 11.7. The molecule has 21 heavy (non-hydrogen) atoms. The predicted octanol–water partition coefficient (Wildman–Crippen LogP) is 3.85. The molecule has 5 heteroatoms. The highest BCUT2D eigenvalue weighted by Crippen LogP contribution is 2.25. The predicted molar refractivity (Wildman–Crippen MR) is 83.2 cm³/mol. The summed E-state index contributed by atoms with van der Waals surface area (Å²) in [4.78, 5) is 23.5. The van der Waals surface area contributed by atoms with Crippen molar-refractivity contribution in [3.63, 3.8) is 0 Å². The van der Waals surface area contributed by atoms with Crippen LogP contribution in [0.4, 0.5) is 5.00 Å². The molecule has 3 rings (SSSR count). The molecular weight excluding hydrogens is 286 g/mol. The lowest BCUT2D eigenvalue weighted by Gasteiger charge is -2.07. The zero-order chi connectivity index (χ0) is 14.8. The summed E-state index contributed by atoms with van der Waals surface area (Å²) in [5.41, 5.74) is 0.631. The van der Waals surface area contributed by atoms with Crippen LogP contribution in [0.2, 0.25) is 0 Å². The summed E-state index contributed by atoms with van der Waals surface area (Å²) in [5.74, 6) is -1.36. The van der Waals surface area contributed by atoms with E-state index in [1.165, 1.54) is 17.4 Å². The van der Waals surface area contributed by atoms with Gasteiger partial charge in [0.1, 0.15) is 5.00 Å². The third-order valence-electron chi connectivity index (χ3n) is 3.16. The van der Waals surface area contributed by atoms with Crippen LogP contribution in [0.25, 0.3) is 10.8 Å². The van der Waals surface area contributed by atoms with Crippen LogP contribution in [0.15, 0.2) is 53.9 Å². The van der Waals surface area contributed by atoms with E-state index in [-0.39, 0.29) is 11.5 Å². The van der Waals surface area contributed by atoms with Crippen molar-refractivity contribution in [3.8, 4) is 0 Å². The molecule has 0 saturated carbocycles. The smallest absolute Gasteiger partial charge is 0.338 e. The topological polar surface area (TPSA) is 66.4 Å². The van der Waals surface area contributed by atoms with Gasteiger partial charge in [-0.1, -0.05) is 36.4 Å². The Morgan fingerprint density at radius 3 is 2.52 bits per heavy atom. The number of carboxylic acid groups (broad SMARTS) is 1. The van der Waals surface area contributed by atoms with Crippen molar-refractivity contribution in [2.75, 3.05) is 5.32 Å². The van der Waals surface area contributed by atoms with E-state index in [1.807, 2.05) is 36.4 Å². The molecule has 0 unspecified atom stereocenters. The van der Waals surface area contributed by atoms with E-state index in [4.69, 9.17) is 5.11 Å². The van der Waals surface area contributed by atoms with Crippen molar-refractivity contribution < 1.29 is 14.7 Å². The van der Waals surface area contributed by atoms with Crippen molar-refractivity contribution in [1.29, 1.82) is 0 Å². The Kier molecular flexibility index (Phi) is 3.41. The van der Waals surface area contributed by atoms with Gasteiger partial charge >= 0.3 is 5.97 Å². The Morgan fingerprint density at radius 1 is 0.952 bits per heavy atom. The minimum atomic E-state index is -1.05. The first kappa shape index (κ1) is 13.3. The quantitative estimate of drug-likeness (QED) is 0.771. The number of amides is 1. The monoisotopic (exact) mass is 297 g/mol. The number of carbonyl (C=O) groups excluding carboxylic acids is 1. The van der Waals surface area contributed by atoms with E-state index < -0.39 is 5.97 Å². The average Bonchev–Trinajstić information content (AvgIpc) is 2.95. The van der Waals surface area contributed by atoms with E-state index >= 15 is 0 Å². The average molecular weight is 297 g/mol. The lowest BCUT2D eigenvalue weighted by atomic mass is 10.0. The highest BCUT2D eigenvalue weighted by Gasteiger charge is 2.16. The summed E-state index contributed by atoms with van der Waals surface area (Å²) in [5, 5.41) is 15.5. The lowest BCUT2D eigenvalue weighted by molar-refractivity contribution is 0.0698. The largest absolute Gasteiger partial charge is 0.478 e. The van der Waals surface area contributed by atoms with Crippen LogP contribution in [-0.4, -0.2) is 17.0 Å². The van der Waals surface area contributed by atoms with Gasteiger partial charge in [-0.3, -0.25) is 4.79 Å². The molecule has 0 radical (unpaired) electrons. The SMILES string of the molecule is O=C(O)c1ccsc1NC(=O)c1cccc2ccccc12. The normalized spacial score (nSPS) is 10.5. The molecule has 0 saturated heterocycles. The van der Waals surface area contributed by atoms with Crippen molar-refractivity contribution in [2.45, 2.75) is 0 Å². The summed E-state index contributed by atoms with van der Waals surface area (Å²) in [7, 11) is 0. The maximum Gasteiger partial charge on any atom is 0.338 e. The number of nitrogens with one attached hydrogen (secondary N) is 1. The number of thiophene rings is 1. The van der Waals surface area contributed by atoms with Gasteiger partial charge in [0.25, 0.3) is 5.91 Å². The Bertz CT molecular complexity index is 833. The lowest BCUT2D eigenvalue weighted by Crippen LogP contribution is -2.13. The standard InChI is InChI=1S/C16H11NO3S/c18-14(17-15-13(16(19)20)8-9-21-15)12-7-3-5-10-4-1-2-6-11(10)12/h1-9H,(H,17,18)(H,19,20). The molecule has 0 bridgehead atoms. The Balaban J connectivity index is 1.98. The number of carboxylic acids is 1. The molecular formula is C16H11NO3S. The van der Waals surface area contributed by atoms with Gasteiger partial charge in [-0.15, -0.1) is 11.3 Å². The van der Waals surface area contributed by atoms with Crippen molar-refractivity contribution in [1.82, 2.24) is 0 Å². The number of benzene rings is 2. The van der Waals surface area contributed by atoms with Crippen molar-refractivity contribution >= 4 is 39.0 Å². The number of hydrogen-bond acceptors (Lipinski definition) is 3. The fourth-order valence-electron chi connectivity index (χ4n) is 2.17. The van der Waals surface area contributed by atoms with Gasteiger partial charge < -0.3 is 10.4 Å². The molecule has 0 atom stereocenters. The highest BCUT2D eigenvalue weighted by molar-refractivity contribution is 7.14. The summed E-state index contributed by atoms with van der Waals surface area (Å²) in [6.45, 7) is 0. The van der Waals surface area contributed by atoms with Crippen molar-refractivity contribution in [3.05, 3.63) is 65.0 Å². The third-order valence-corrected chi connectivity index (χ3v) is 3.99. The van der Waals surface area contributed by atoms with Crippen LogP contribution in [0.1, 0.15) is 20.7 Å². The molecule has 0 spiro atoms. The van der Waals surface area contributed by atoms with E-state index in [0.717, 1.165) is 10.8 Å². The van der Waals surface area contributed by atoms with E-state index in [2.05, 4.69) is 5.32 Å². The van der Waals surface area contributed by atoms with Gasteiger partial charge in [0.15, 0.2) is 0 Å². The second-order valence-corrected chi connectivity index (χ2v) is 5.37. The maximum atomic E-state index is 12.4. The molecule has 0 aliphatic rings. The van der Waals surface area contributed by atoms with Gasteiger partial charge in [-0.2, -0.15) is 0 Å². The van der Waals surface area contributed by atoms with E-state index in [9.17, 15) is 9.59 Å². The van der Waals surface area contributed by atoms with Gasteiger partial charge in [-0.05, 0) is 28.3 Å². The minimum absolute atomic E-state index is 0.105. The summed E-state index contributed by atoms with van der Waals surface area (Å²) >= 11 is 1.19. The van der Waals surface area contributed by atoms with Crippen LogP contribution in [-0.2, 0) is 0 Å². The van der Waals surface area contributed by atoms with Crippen LogP contribution >= 0.6 is 11.3 Å².